The van der Waals surface area contributed by atoms with Crippen molar-refractivity contribution in [2.45, 2.75) is 26.3 Å². The zero-order chi connectivity index (χ0) is 18.4. The molecule has 0 saturated heterocycles. The van der Waals surface area contributed by atoms with E-state index in [1.807, 2.05) is 32.8 Å². The van der Waals surface area contributed by atoms with Crippen LogP contribution in [-0.4, -0.2) is 45.8 Å². The van der Waals surface area contributed by atoms with E-state index < -0.39 is 11.6 Å². The van der Waals surface area contributed by atoms with Gasteiger partial charge in [0.05, 0.1) is 6.54 Å². The summed E-state index contributed by atoms with van der Waals surface area (Å²) in [6.07, 6.45) is 1.51. The Morgan fingerprint density at radius 3 is 2.72 bits per heavy atom. The molecule has 0 aliphatic carbocycles. The Kier molecular flexibility index (Phi) is 6.44. The first kappa shape index (κ1) is 18.8. The fraction of sp³-hybridized carbons (Fsp3) is 0.471. The average Bonchev–Trinajstić information content (AvgIpc) is 2.98. The van der Waals surface area contributed by atoms with E-state index in [-0.39, 0.29) is 5.92 Å². The third-order valence-corrected chi connectivity index (χ3v) is 3.91. The van der Waals surface area contributed by atoms with Gasteiger partial charge in [-0.15, -0.1) is 0 Å². The van der Waals surface area contributed by atoms with Gasteiger partial charge < -0.3 is 10.2 Å². The summed E-state index contributed by atoms with van der Waals surface area (Å²) in [5, 5.41) is 7.28. The van der Waals surface area contributed by atoms with Crippen molar-refractivity contribution in [1.82, 2.24) is 25.0 Å². The number of guanidine groups is 1. The van der Waals surface area contributed by atoms with Gasteiger partial charge in [-0.2, -0.15) is 5.10 Å². The molecule has 136 valence electrons. The molecular weight excluding hydrogens is 326 g/mol. The predicted molar refractivity (Wildman–Crippen MR) is 93.2 cm³/mol. The molecule has 0 spiro atoms. The minimum atomic E-state index is -0.837. The van der Waals surface area contributed by atoms with E-state index in [1.54, 1.807) is 10.7 Å². The molecule has 0 amide bonds. The third kappa shape index (κ3) is 4.98. The lowest BCUT2D eigenvalue weighted by atomic mass is 10.0. The first-order valence-corrected chi connectivity index (χ1v) is 8.19. The highest BCUT2D eigenvalue weighted by Gasteiger charge is 2.12. The largest absolute Gasteiger partial charge is 0.357 e. The van der Waals surface area contributed by atoms with Crippen LogP contribution in [0.5, 0.6) is 0 Å². The molecule has 0 radical (unpaired) electrons. The summed E-state index contributed by atoms with van der Waals surface area (Å²) < 4.78 is 28.2. The molecule has 1 heterocycles. The van der Waals surface area contributed by atoms with Gasteiger partial charge in [-0.25, -0.2) is 13.8 Å². The Hall–Kier alpha value is -2.51. The molecule has 6 nitrogen and oxygen atoms in total. The number of rotatable bonds is 6. The van der Waals surface area contributed by atoms with Crippen LogP contribution in [0.4, 0.5) is 8.78 Å². The maximum Gasteiger partial charge on any atom is 0.194 e. The molecule has 2 rings (SSSR count). The Labute approximate surface area is 146 Å². The first-order chi connectivity index (χ1) is 11.9. The van der Waals surface area contributed by atoms with E-state index in [0.717, 1.165) is 30.0 Å². The van der Waals surface area contributed by atoms with Crippen molar-refractivity contribution in [1.29, 1.82) is 0 Å². The third-order valence-electron chi connectivity index (χ3n) is 3.91. The number of benzene rings is 1. The fourth-order valence-corrected chi connectivity index (χ4v) is 2.37. The second kappa shape index (κ2) is 8.55. The summed E-state index contributed by atoms with van der Waals surface area (Å²) in [6, 6.07) is 3.97. The highest BCUT2D eigenvalue weighted by molar-refractivity contribution is 5.79. The summed E-state index contributed by atoms with van der Waals surface area (Å²) in [7, 11) is 3.75. The summed E-state index contributed by atoms with van der Waals surface area (Å²) >= 11 is 0. The number of hydrogen-bond donors (Lipinski definition) is 1. The Morgan fingerprint density at radius 2 is 2.12 bits per heavy atom. The number of nitrogens with one attached hydrogen (secondary N) is 1. The lowest BCUT2D eigenvalue weighted by molar-refractivity contribution is 0.448. The lowest BCUT2D eigenvalue weighted by Crippen LogP contribution is -2.39. The van der Waals surface area contributed by atoms with E-state index in [0.29, 0.717) is 13.1 Å². The zero-order valence-electron chi connectivity index (χ0n) is 15.0. The van der Waals surface area contributed by atoms with E-state index >= 15 is 0 Å². The second-order valence-corrected chi connectivity index (χ2v) is 5.93. The van der Waals surface area contributed by atoms with Gasteiger partial charge in [0.25, 0.3) is 0 Å². The second-order valence-electron chi connectivity index (χ2n) is 5.93. The van der Waals surface area contributed by atoms with Crippen molar-refractivity contribution < 1.29 is 8.78 Å². The molecule has 2 aromatic rings. The van der Waals surface area contributed by atoms with Crippen molar-refractivity contribution in [2.75, 3.05) is 20.1 Å². The van der Waals surface area contributed by atoms with Gasteiger partial charge in [0.15, 0.2) is 17.6 Å². The minimum absolute atomic E-state index is 0.0352. The number of hydrogen-bond acceptors (Lipinski definition) is 3. The Morgan fingerprint density at radius 1 is 1.36 bits per heavy atom. The van der Waals surface area contributed by atoms with Crippen LogP contribution in [0.25, 0.3) is 0 Å². The fourth-order valence-electron chi connectivity index (χ4n) is 2.37. The summed E-state index contributed by atoms with van der Waals surface area (Å²) in [6.45, 7) is 5.66. The molecule has 8 heteroatoms. The monoisotopic (exact) mass is 350 g/mol. The van der Waals surface area contributed by atoms with Crippen LogP contribution in [0.1, 0.15) is 31.2 Å². The maximum atomic E-state index is 13.4. The van der Waals surface area contributed by atoms with Crippen LogP contribution in [0, 0.1) is 11.6 Å². The van der Waals surface area contributed by atoms with Crippen molar-refractivity contribution in [3.8, 4) is 0 Å². The van der Waals surface area contributed by atoms with Gasteiger partial charge >= 0.3 is 0 Å². The molecular formula is C17H24F2N6. The number of aromatic nitrogens is 3. The van der Waals surface area contributed by atoms with Crippen LogP contribution in [0.15, 0.2) is 29.5 Å². The van der Waals surface area contributed by atoms with E-state index in [9.17, 15) is 8.78 Å². The van der Waals surface area contributed by atoms with Crippen molar-refractivity contribution >= 4 is 5.96 Å². The number of aliphatic imine (C=N–C) groups is 1. The van der Waals surface area contributed by atoms with E-state index in [2.05, 4.69) is 20.4 Å². The molecule has 1 aromatic heterocycles. The molecule has 0 saturated carbocycles. The zero-order valence-corrected chi connectivity index (χ0v) is 15.0. The highest BCUT2D eigenvalue weighted by Crippen LogP contribution is 2.18. The van der Waals surface area contributed by atoms with Gasteiger partial charge in [-0.3, -0.25) is 9.67 Å². The van der Waals surface area contributed by atoms with Gasteiger partial charge in [0.2, 0.25) is 0 Å². The first-order valence-electron chi connectivity index (χ1n) is 8.19. The summed E-state index contributed by atoms with van der Waals surface area (Å²) in [4.78, 5) is 10.8. The van der Waals surface area contributed by atoms with Gasteiger partial charge in [0.1, 0.15) is 12.2 Å². The van der Waals surface area contributed by atoms with E-state index in [4.69, 9.17) is 0 Å². The van der Waals surface area contributed by atoms with Crippen molar-refractivity contribution in [3.63, 3.8) is 0 Å². The van der Waals surface area contributed by atoms with Gasteiger partial charge in [-0.05, 0) is 24.6 Å². The number of halogens is 2. The molecule has 0 aliphatic rings. The van der Waals surface area contributed by atoms with Gasteiger partial charge in [-0.1, -0.05) is 13.0 Å². The molecule has 1 atom stereocenters. The van der Waals surface area contributed by atoms with Crippen LogP contribution in [0.3, 0.4) is 0 Å². The molecule has 1 unspecified atom stereocenters. The van der Waals surface area contributed by atoms with Crippen molar-refractivity contribution in [3.05, 3.63) is 47.5 Å². The number of aryl methyl sites for hydroxylation is 1. The quantitative estimate of drug-likeness (QED) is 0.642. The van der Waals surface area contributed by atoms with Crippen LogP contribution in [0.2, 0.25) is 0 Å². The lowest BCUT2D eigenvalue weighted by Gasteiger charge is -2.22. The average molecular weight is 350 g/mol. The Balaban J connectivity index is 2.07. The SMILES string of the molecule is CCNC(=NCC(C)c1ccc(F)c(F)c1)N(C)Cc1ncnn1C. The summed E-state index contributed by atoms with van der Waals surface area (Å²) in [5.74, 6) is -0.162. The van der Waals surface area contributed by atoms with Gasteiger partial charge in [0, 0.05) is 33.1 Å². The molecule has 0 aliphatic heterocycles. The van der Waals surface area contributed by atoms with Crippen LogP contribution in [-0.2, 0) is 13.6 Å². The summed E-state index contributed by atoms with van der Waals surface area (Å²) in [5.41, 5.74) is 0.717. The number of nitrogens with zero attached hydrogens (tertiary/aromatic N) is 5. The maximum absolute atomic E-state index is 13.4. The topological polar surface area (TPSA) is 58.3 Å². The molecule has 0 bridgehead atoms. The standard InChI is InChI=1S/C17H24F2N6/c1-5-20-17(24(3)10-16-22-11-23-25(16)4)21-9-12(2)13-6-7-14(18)15(19)8-13/h6-8,11-12H,5,9-10H2,1-4H3,(H,20,21). The molecule has 0 fully saturated rings. The Bertz CT molecular complexity index is 728. The predicted octanol–water partition coefficient (Wildman–Crippen LogP) is 2.29. The molecule has 1 aromatic carbocycles. The normalized spacial score (nSPS) is 13.0. The van der Waals surface area contributed by atoms with Crippen molar-refractivity contribution in [2.24, 2.45) is 12.0 Å². The molecule has 25 heavy (non-hydrogen) atoms. The van der Waals surface area contributed by atoms with Crippen LogP contribution < -0.4 is 5.32 Å². The molecule has 1 N–H and O–H groups in total. The minimum Gasteiger partial charge on any atom is -0.357 e. The highest BCUT2D eigenvalue weighted by atomic mass is 19.2. The van der Waals surface area contributed by atoms with E-state index in [1.165, 1.54) is 12.4 Å². The smallest absolute Gasteiger partial charge is 0.194 e. The van der Waals surface area contributed by atoms with Crippen LogP contribution >= 0.6 is 0 Å².